The molecule has 1 aromatic carbocycles. The molecule has 0 atom stereocenters. The van der Waals surface area contributed by atoms with Crippen LogP contribution in [0, 0.1) is 0 Å². The van der Waals surface area contributed by atoms with Gasteiger partial charge in [0.1, 0.15) is 0 Å². The van der Waals surface area contributed by atoms with Crippen molar-refractivity contribution in [2.45, 2.75) is 13.3 Å². The molecule has 2 aromatic rings. The number of carboxylic acids is 1. The molecule has 0 unspecified atom stereocenters. The fourth-order valence-corrected chi connectivity index (χ4v) is 3.82. The molecule has 88 valence electrons. The van der Waals surface area contributed by atoms with Crippen molar-refractivity contribution in [1.82, 2.24) is 0 Å². The van der Waals surface area contributed by atoms with E-state index in [1.807, 2.05) is 37.3 Å². The van der Waals surface area contributed by atoms with E-state index in [0.717, 1.165) is 16.0 Å². The first-order chi connectivity index (χ1) is 8.15. The van der Waals surface area contributed by atoms with Crippen LogP contribution in [0.15, 0.2) is 34.1 Å². The van der Waals surface area contributed by atoms with Gasteiger partial charge in [0.25, 0.3) is 0 Å². The molecule has 17 heavy (non-hydrogen) atoms. The third-order valence-corrected chi connectivity index (χ3v) is 4.52. The molecule has 1 heterocycles. The van der Waals surface area contributed by atoms with E-state index in [1.165, 1.54) is 11.3 Å². The molecule has 0 fully saturated rings. The van der Waals surface area contributed by atoms with Crippen LogP contribution in [0.4, 0.5) is 0 Å². The zero-order valence-corrected chi connectivity index (χ0v) is 11.6. The molecule has 2 rings (SSSR count). The van der Waals surface area contributed by atoms with E-state index in [2.05, 4.69) is 15.9 Å². The van der Waals surface area contributed by atoms with E-state index in [0.29, 0.717) is 15.8 Å². The second kappa shape index (κ2) is 5.02. The van der Waals surface area contributed by atoms with Gasteiger partial charge < -0.3 is 5.11 Å². The van der Waals surface area contributed by atoms with Crippen molar-refractivity contribution in [3.05, 3.63) is 45.2 Å². The van der Waals surface area contributed by atoms with E-state index in [4.69, 9.17) is 0 Å². The largest absolute Gasteiger partial charge is 0.478 e. The zero-order chi connectivity index (χ0) is 12.4. The van der Waals surface area contributed by atoms with E-state index in [1.54, 1.807) is 0 Å². The van der Waals surface area contributed by atoms with E-state index in [-0.39, 0.29) is 0 Å². The van der Waals surface area contributed by atoms with Crippen LogP contribution < -0.4 is 0 Å². The van der Waals surface area contributed by atoms with Crippen molar-refractivity contribution in [2.24, 2.45) is 0 Å². The smallest absolute Gasteiger partial charge is 0.338 e. The summed E-state index contributed by atoms with van der Waals surface area (Å²) in [5.74, 6) is -0.868. The maximum absolute atomic E-state index is 11.2. The number of benzene rings is 1. The minimum Gasteiger partial charge on any atom is -0.478 e. The Kier molecular flexibility index (Phi) is 3.64. The second-order valence-corrected chi connectivity index (χ2v) is 5.92. The summed E-state index contributed by atoms with van der Waals surface area (Å²) in [5.41, 5.74) is 2.37. The van der Waals surface area contributed by atoms with Gasteiger partial charge in [0.15, 0.2) is 0 Å². The number of thiophene rings is 1. The van der Waals surface area contributed by atoms with Crippen molar-refractivity contribution in [3.63, 3.8) is 0 Å². The van der Waals surface area contributed by atoms with Crippen LogP contribution in [0.3, 0.4) is 0 Å². The third-order valence-electron chi connectivity index (χ3n) is 2.57. The van der Waals surface area contributed by atoms with Gasteiger partial charge in [0.05, 0.1) is 9.35 Å². The lowest BCUT2D eigenvalue weighted by Crippen LogP contribution is -1.99. The van der Waals surface area contributed by atoms with Crippen LogP contribution in [0.25, 0.3) is 10.4 Å². The van der Waals surface area contributed by atoms with Gasteiger partial charge in [-0.1, -0.05) is 37.3 Å². The summed E-state index contributed by atoms with van der Waals surface area (Å²) in [7, 11) is 0. The molecule has 0 bridgehead atoms. The van der Waals surface area contributed by atoms with Gasteiger partial charge in [-0.2, -0.15) is 0 Å². The monoisotopic (exact) mass is 310 g/mol. The van der Waals surface area contributed by atoms with Gasteiger partial charge in [-0.25, -0.2) is 4.79 Å². The van der Waals surface area contributed by atoms with Crippen molar-refractivity contribution in [3.8, 4) is 10.4 Å². The van der Waals surface area contributed by atoms with Gasteiger partial charge in [0, 0.05) is 4.88 Å². The van der Waals surface area contributed by atoms with Crippen LogP contribution in [0.1, 0.15) is 22.8 Å². The average Bonchev–Trinajstić information content (AvgIpc) is 2.67. The van der Waals surface area contributed by atoms with Crippen LogP contribution >= 0.6 is 27.3 Å². The summed E-state index contributed by atoms with van der Waals surface area (Å²) >= 11 is 4.83. The topological polar surface area (TPSA) is 37.3 Å². The molecule has 0 aliphatic carbocycles. The Hall–Kier alpha value is -1.13. The summed E-state index contributed by atoms with van der Waals surface area (Å²) in [6, 6.07) is 9.88. The van der Waals surface area contributed by atoms with Crippen molar-refractivity contribution < 1.29 is 9.90 Å². The Labute approximate surface area is 112 Å². The fraction of sp³-hybridized carbons (Fsp3) is 0.154. The second-order valence-electron chi connectivity index (χ2n) is 3.58. The molecular formula is C13H11BrO2S. The summed E-state index contributed by atoms with van der Waals surface area (Å²) in [6.07, 6.45) is 0.716. The van der Waals surface area contributed by atoms with Gasteiger partial charge in [0.2, 0.25) is 0 Å². The number of halogens is 1. The zero-order valence-electron chi connectivity index (χ0n) is 9.24. The highest BCUT2D eigenvalue weighted by molar-refractivity contribution is 9.11. The molecule has 0 saturated heterocycles. The average molecular weight is 311 g/mol. The highest BCUT2D eigenvalue weighted by atomic mass is 79.9. The van der Waals surface area contributed by atoms with Crippen LogP contribution in [0.2, 0.25) is 0 Å². The Morgan fingerprint density at radius 1 is 1.35 bits per heavy atom. The number of hydrogen-bond acceptors (Lipinski definition) is 2. The molecular weight excluding hydrogens is 300 g/mol. The minimum absolute atomic E-state index is 0.399. The molecule has 2 nitrogen and oxygen atoms in total. The van der Waals surface area contributed by atoms with Crippen LogP contribution in [-0.4, -0.2) is 11.1 Å². The maximum Gasteiger partial charge on any atom is 0.338 e. The highest BCUT2D eigenvalue weighted by Gasteiger charge is 2.21. The molecule has 0 spiro atoms. The molecule has 4 heteroatoms. The molecule has 0 amide bonds. The van der Waals surface area contributed by atoms with Gasteiger partial charge >= 0.3 is 5.97 Å². The lowest BCUT2D eigenvalue weighted by atomic mass is 10.0. The Balaban J connectivity index is 2.64. The Morgan fingerprint density at radius 2 is 2.00 bits per heavy atom. The minimum atomic E-state index is -0.868. The highest BCUT2D eigenvalue weighted by Crippen LogP contribution is 2.40. The normalized spacial score (nSPS) is 10.5. The van der Waals surface area contributed by atoms with E-state index >= 15 is 0 Å². The van der Waals surface area contributed by atoms with Crippen LogP contribution in [0.5, 0.6) is 0 Å². The van der Waals surface area contributed by atoms with E-state index in [9.17, 15) is 9.90 Å². The number of carbonyl (C=O) groups is 1. The van der Waals surface area contributed by atoms with Crippen molar-refractivity contribution >= 4 is 33.2 Å². The molecule has 0 aliphatic rings. The fourth-order valence-electron chi connectivity index (χ4n) is 1.81. The summed E-state index contributed by atoms with van der Waals surface area (Å²) in [5, 5.41) is 9.21. The SMILES string of the molecule is CCc1c(-c2ccccc2)sc(Br)c1C(=O)O. The molecule has 0 aliphatic heterocycles. The van der Waals surface area contributed by atoms with Gasteiger partial charge in [-0.05, 0) is 33.5 Å². The quantitative estimate of drug-likeness (QED) is 0.910. The predicted molar refractivity (Wildman–Crippen MR) is 73.8 cm³/mol. The van der Waals surface area contributed by atoms with Gasteiger partial charge in [-0.3, -0.25) is 0 Å². The van der Waals surface area contributed by atoms with Crippen LogP contribution in [-0.2, 0) is 6.42 Å². The van der Waals surface area contributed by atoms with Crippen molar-refractivity contribution in [2.75, 3.05) is 0 Å². The number of rotatable bonds is 3. The number of aromatic carboxylic acids is 1. The molecule has 1 aromatic heterocycles. The Bertz CT molecular complexity index is 546. The number of hydrogen-bond donors (Lipinski definition) is 1. The summed E-state index contributed by atoms with van der Waals surface area (Å²) < 4.78 is 0.695. The van der Waals surface area contributed by atoms with E-state index < -0.39 is 5.97 Å². The maximum atomic E-state index is 11.2. The third kappa shape index (κ3) is 2.28. The lowest BCUT2D eigenvalue weighted by Gasteiger charge is -2.02. The molecule has 1 N–H and O–H groups in total. The first-order valence-electron chi connectivity index (χ1n) is 5.25. The number of carboxylic acid groups (broad SMARTS) is 1. The standard InChI is InChI=1S/C13H11BrO2S/c1-2-9-10(13(15)16)12(14)17-11(9)8-6-4-3-5-7-8/h3-7H,2H2,1H3,(H,15,16). The predicted octanol–water partition coefficient (Wildman–Crippen LogP) is 4.44. The van der Waals surface area contributed by atoms with Gasteiger partial charge in [-0.15, -0.1) is 11.3 Å². The first kappa shape index (κ1) is 12.3. The summed E-state index contributed by atoms with van der Waals surface area (Å²) in [6.45, 7) is 1.98. The molecule has 0 saturated carbocycles. The Morgan fingerprint density at radius 3 is 2.53 bits per heavy atom. The lowest BCUT2D eigenvalue weighted by molar-refractivity contribution is 0.0695. The summed E-state index contributed by atoms with van der Waals surface area (Å²) in [4.78, 5) is 12.3. The first-order valence-corrected chi connectivity index (χ1v) is 6.86. The molecule has 0 radical (unpaired) electrons. The van der Waals surface area contributed by atoms with Crippen molar-refractivity contribution in [1.29, 1.82) is 0 Å².